The Hall–Kier alpha value is -1.27. The Morgan fingerprint density at radius 1 is 1.42 bits per heavy atom. The molecule has 0 N–H and O–H groups in total. The first kappa shape index (κ1) is 19.1. The molecule has 1 unspecified atom stereocenters. The smallest absolute Gasteiger partial charge is 0.232 e. The quantitative estimate of drug-likeness (QED) is 0.798. The van der Waals surface area contributed by atoms with Crippen LogP contribution in [0, 0.1) is 12.8 Å². The van der Waals surface area contributed by atoms with Crippen LogP contribution >= 0.6 is 11.6 Å². The highest BCUT2D eigenvalue weighted by Crippen LogP contribution is 2.26. The average molecular weight is 373 g/mol. The molecule has 1 amide bonds. The van der Waals surface area contributed by atoms with Gasteiger partial charge in [0.1, 0.15) is 0 Å². The molecule has 1 atom stereocenters. The van der Waals surface area contributed by atoms with Crippen LogP contribution in [0.15, 0.2) is 18.2 Å². The molecular formula is C17H25ClN2O3S. The fourth-order valence-electron chi connectivity index (χ4n) is 3.09. The highest BCUT2D eigenvalue weighted by Gasteiger charge is 2.24. The normalized spacial score (nSPS) is 18.5. The van der Waals surface area contributed by atoms with Crippen LogP contribution in [-0.4, -0.2) is 45.1 Å². The van der Waals surface area contributed by atoms with E-state index in [0.29, 0.717) is 16.6 Å². The summed E-state index contributed by atoms with van der Waals surface area (Å²) in [6, 6.07) is 5.14. The maximum Gasteiger partial charge on any atom is 0.232 e. The van der Waals surface area contributed by atoms with E-state index in [1.54, 1.807) is 18.2 Å². The van der Waals surface area contributed by atoms with Gasteiger partial charge in [-0.25, -0.2) is 8.42 Å². The van der Waals surface area contributed by atoms with Crippen LogP contribution in [-0.2, 0) is 14.8 Å². The number of amides is 1. The van der Waals surface area contributed by atoms with Gasteiger partial charge in [0.05, 0.1) is 11.9 Å². The van der Waals surface area contributed by atoms with Crippen molar-refractivity contribution in [2.75, 3.05) is 30.2 Å². The fraction of sp³-hybridized carbons (Fsp3) is 0.588. The van der Waals surface area contributed by atoms with E-state index in [0.717, 1.165) is 37.8 Å². The number of likely N-dealkylation sites (tertiary alicyclic amines) is 1. The van der Waals surface area contributed by atoms with Gasteiger partial charge in [-0.05, 0) is 43.4 Å². The monoisotopic (exact) mass is 372 g/mol. The molecule has 0 radical (unpaired) electrons. The Kier molecular flexibility index (Phi) is 6.15. The van der Waals surface area contributed by atoms with Gasteiger partial charge in [-0.3, -0.25) is 9.10 Å². The van der Waals surface area contributed by atoms with E-state index in [-0.39, 0.29) is 18.9 Å². The van der Waals surface area contributed by atoms with Crippen molar-refractivity contribution >= 4 is 33.2 Å². The molecule has 1 aliphatic heterocycles. The van der Waals surface area contributed by atoms with Crippen molar-refractivity contribution in [3.63, 3.8) is 0 Å². The molecule has 5 nitrogen and oxygen atoms in total. The minimum absolute atomic E-state index is 0.00915. The number of hydrogen-bond donors (Lipinski definition) is 0. The Morgan fingerprint density at radius 3 is 2.75 bits per heavy atom. The second-order valence-corrected chi connectivity index (χ2v) is 8.95. The topological polar surface area (TPSA) is 57.7 Å². The van der Waals surface area contributed by atoms with Gasteiger partial charge >= 0.3 is 0 Å². The van der Waals surface area contributed by atoms with Crippen LogP contribution in [0.3, 0.4) is 0 Å². The molecule has 2 rings (SSSR count). The Morgan fingerprint density at radius 2 is 2.12 bits per heavy atom. The first-order valence-electron chi connectivity index (χ1n) is 8.20. The lowest BCUT2D eigenvalue weighted by Crippen LogP contribution is -2.41. The minimum atomic E-state index is -3.49. The zero-order valence-electron chi connectivity index (χ0n) is 14.5. The molecule has 0 aliphatic carbocycles. The van der Waals surface area contributed by atoms with E-state index >= 15 is 0 Å². The summed E-state index contributed by atoms with van der Waals surface area (Å²) in [5, 5.41) is 0.473. The SMILES string of the molecule is Cc1ccc(Cl)cc1N(CCC(=O)N1CCCC(C)C1)S(C)(=O)=O. The van der Waals surface area contributed by atoms with Crippen molar-refractivity contribution in [1.82, 2.24) is 4.90 Å². The Balaban J connectivity index is 2.13. The number of aryl methyl sites for hydroxylation is 1. The van der Waals surface area contributed by atoms with Crippen LogP contribution in [0.2, 0.25) is 5.02 Å². The van der Waals surface area contributed by atoms with E-state index < -0.39 is 10.0 Å². The molecule has 0 aromatic heterocycles. The summed E-state index contributed by atoms with van der Waals surface area (Å²) < 4.78 is 25.7. The number of sulfonamides is 1. The van der Waals surface area contributed by atoms with E-state index in [1.807, 2.05) is 11.8 Å². The molecule has 1 aromatic carbocycles. The molecule has 24 heavy (non-hydrogen) atoms. The zero-order chi connectivity index (χ0) is 17.9. The molecule has 0 bridgehead atoms. The van der Waals surface area contributed by atoms with Crippen molar-refractivity contribution in [3.8, 4) is 0 Å². The predicted octanol–water partition coefficient (Wildman–Crippen LogP) is 3.06. The van der Waals surface area contributed by atoms with Gasteiger partial charge in [-0.2, -0.15) is 0 Å². The number of carbonyl (C=O) groups is 1. The average Bonchev–Trinajstić information content (AvgIpc) is 2.49. The lowest BCUT2D eigenvalue weighted by Gasteiger charge is -2.32. The van der Waals surface area contributed by atoms with Crippen molar-refractivity contribution < 1.29 is 13.2 Å². The molecule has 0 spiro atoms. The maximum absolute atomic E-state index is 12.4. The Labute approximate surface area is 149 Å². The number of anilines is 1. The predicted molar refractivity (Wildman–Crippen MR) is 98.0 cm³/mol. The van der Waals surface area contributed by atoms with Gasteiger partial charge in [0.15, 0.2) is 0 Å². The fourth-order valence-corrected chi connectivity index (χ4v) is 4.23. The molecule has 1 heterocycles. The highest BCUT2D eigenvalue weighted by molar-refractivity contribution is 7.92. The summed E-state index contributed by atoms with van der Waals surface area (Å²) in [6.45, 7) is 5.62. The van der Waals surface area contributed by atoms with Crippen molar-refractivity contribution in [2.24, 2.45) is 5.92 Å². The molecule has 1 fully saturated rings. The summed E-state index contributed by atoms with van der Waals surface area (Å²) >= 11 is 6.01. The van der Waals surface area contributed by atoms with Crippen LogP contribution in [0.4, 0.5) is 5.69 Å². The molecule has 0 saturated carbocycles. The van der Waals surface area contributed by atoms with Gasteiger partial charge in [-0.1, -0.05) is 24.6 Å². The van der Waals surface area contributed by atoms with Crippen LogP contribution in [0.25, 0.3) is 0 Å². The summed E-state index contributed by atoms with van der Waals surface area (Å²) in [5.41, 5.74) is 1.34. The second-order valence-electron chi connectivity index (χ2n) is 6.60. The third kappa shape index (κ3) is 4.86. The lowest BCUT2D eigenvalue weighted by atomic mass is 10.00. The summed E-state index contributed by atoms with van der Waals surface area (Å²) in [7, 11) is -3.49. The van der Waals surface area contributed by atoms with E-state index in [4.69, 9.17) is 11.6 Å². The standard InChI is InChI=1S/C17H25ClN2O3S/c1-13-5-4-9-19(12-13)17(21)8-10-20(24(3,22)23)16-11-15(18)7-6-14(16)2/h6-7,11,13H,4-5,8-10,12H2,1-3H3. The number of nitrogens with zero attached hydrogens (tertiary/aromatic N) is 2. The summed E-state index contributed by atoms with van der Waals surface area (Å²) in [6.07, 6.45) is 3.48. The van der Waals surface area contributed by atoms with E-state index in [9.17, 15) is 13.2 Å². The van der Waals surface area contributed by atoms with Crippen molar-refractivity contribution in [2.45, 2.75) is 33.1 Å². The molecule has 1 aliphatic rings. The summed E-state index contributed by atoms with van der Waals surface area (Å²) in [5.74, 6) is 0.513. The van der Waals surface area contributed by atoms with Crippen molar-refractivity contribution in [3.05, 3.63) is 28.8 Å². The highest BCUT2D eigenvalue weighted by atomic mass is 35.5. The zero-order valence-corrected chi connectivity index (χ0v) is 16.0. The first-order chi connectivity index (χ1) is 11.2. The van der Waals surface area contributed by atoms with Crippen molar-refractivity contribution in [1.29, 1.82) is 0 Å². The third-order valence-corrected chi connectivity index (χ3v) is 5.79. The minimum Gasteiger partial charge on any atom is -0.342 e. The number of carbonyl (C=O) groups excluding carboxylic acids is 1. The van der Waals surface area contributed by atoms with E-state index in [1.165, 1.54) is 4.31 Å². The van der Waals surface area contributed by atoms with Gasteiger partial charge in [0.25, 0.3) is 0 Å². The molecule has 134 valence electrons. The number of rotatable bonds is 5. The number of benzene rings is 1. The van der Waals surface area contributed by atoms with Crippen LogP contribution in [0.1, 0.15) is 31.7 Å². The second kappa shape index (κ2) is 7.74. The molecule has 7 heteroatoms. The molecular weight excluding hydrogens is 348 g/mol. The van der Waals surface area contributed by atoms with Gasteiger partial charge < -0.3 is 4.90 Å². The van der Waals surface area contributed by atoms with Gasteiger partial charge in [0, 0.05) is 31.1 Å². The number of hydrogen-bond acceptors (Lipinski definition) is 3. The molecule has 1 aromatic rings. The summed E-state index contributed by atoms with van der Waals surface area (Å²) in [4.78, 5) is 14.3. The van der Waals surface area contributed by atoms with Gasteiger partial charge in [-0.15, -0.1) is 0 Å². The van der Waals surface area contributed by atoms with Crippen LogP contribution < -0.4 is 4.31 Å². The Bertz CT molecular complexity index is 706. The first-order valence-corrected chi connectivity index (χ1v) is 10.4. The van der Waals surface area contributed by atoms with Crippen LogP contribution in [0.5, 0.6) is 0 Å². The van der Waals surface area contributed by atoms with E-state index in [2.05, 4.69) is 6.92 Å². The number of piperidine rings is 1. The maximum atomic E-state index is 12.4. The number of halogens is 1. The van der Waals surface area contributed by atoms with Gasteiger partial charge in [0.2, 0.25) is 15.9 Å². The lowest BCUT2D eigenvalue weighted by molar-refractivity contribution is -0.132. The third-order valence-electron chi connectivity index (χ3n) is 4.38. The molecule has 1 saturated heterocycles. The largest absolute Gasteiger partial charge is 0.342 e.